The van der Waals surface area contributed by atoms with Crippen LogP contribution in [0.15, 0.2) is 42.5 Å². The van der Waals surface area contributed by atoms with Gasteiger partial charge in [-0.3, -0.25) is 14.5 Å². The van der Waals surface area contributed by atoms with Crippen molar-refractivity contribution >= 4 is 38.4 Å². The van der Waals surface area contributed by atoms with Gasteiger partial charge < -0.3 is 10.2 Å². The second-order valence-electron chi connectivity index (χ2n) is 7.33. The molecule has 1 amide bonds. The van der Waals surface area contributed by atoms with Crippen molar-refractivity contribution in [3.05, 3.63) is 59.4 Å². The highest BCUT2D eigenvalue weighted by atomic mass is 32.1. The average molecular weight is 427 g/mol. The van der Waals surface area contributed by atoms with E-state index in [1.807, 2.05) is 0 Å². The van der Waals surface area contributed by atoms with E-state index >= 15 is 0 Å². The summed E-state index contributed by atoms with van der Waals surface area (Å²) in [5, 5.41) is 3.86. The molecule has 0 aliphatic carbocycles. The summed E-state index contributed by atoms with van der Waals surface area (Å²) in [6, 6.07) is 11.4. The van der Waals surface area contributed by atoms with Gasteiger partial charge in [0, 0.05) is 50.4 Å². The largest absolute Gasteiger partial charge is 0.351 e. The van der Waals surface area contributed by atoms with Gasteiger partial charge in [-0.1, -0.05) is 23.5 Å². The number of amides is 1. The Balaban J connectivity index is 1.23. The Morgan fingerprint density at radius 1 is 1.07 bits per heavy atom. The predicted molar refractivity (Wildman–Crippen MR) is 117 cm³/mol. The number of halogens is 1. The van der Waals surface area contributed by atoms with Gasteiger partial charge in [-0.25, -0.2) is 9.37 Å². The van der Waals surface area contributed by atoms with Crippen LogP contribution in [0.3, 0.4) is 0 Å². The number of aromatic nitrogens is 1. The first-order valence-corrected chi connectivity index (χ1v) is 10.7. The maximum absolute atomic E-state index is 13.4. The molecule has 2 heterocycles. The molecule has 2 aromatic carbocycles. The highest BCUT2D eigenvalue weighted by Crippen LogP contribution is 2.29. The molecule has 3 aromatic rings. The third kappa shape index (κ3) is 4.66. The number of fused-ring (bicyclic) bond motifs is 1. The Kier molecular flexibility index (Phi) is 6.06. The van der Waals surface area contributed by atoms with Crippen LogP contribution in [0, 0.1) is 5.82 Å². The van der Waals surface area contributed by atoms with Crippen LogP contribution < -0.4 is 10.2 Å². The Hall–Kier alpha value is -2.84. The van der Waals surface area contributed by atoms with Gasteiger partial charge >= 0.3 is 0 Å². The van der Waals surface area contributed by atoms with Crippen molar-refractivity contribution in [3.63, 3.8) is 0 Å². The summed E-state index contributed by atoms with van der Waals surface area (Å²) < 4.78 is 14.3. The zero-order valence-electron chi connectivity index (χ0n) is 16.7. The van der Waals surface area contributed by atoms with Gasteiger partial charge in [-0.15, -0.1) is 0 Å². The second kappa shape index (κ2) is 8.89. The fourth-order valence-electron chi connectivity index (χ4n) is 3.47. The molecule has 1 aliphatic rings. The number of carbonyl (C=O) groups is 2. The van der Waals surface area contributed by atoms with Gasteiger partial charge in [0.1, 0.15) is 5.82 Å². The SMILES string of the molecule is CC(=O)c1ccc(C(=O)NCCN2CCN(c3nc4ccc(F)cc4s3)CC2)cc1. The molecule has 1 aliphatic heterocycles. The molecule has 30 heavy (non-hydrogen) atoms. The molecular formula is C22H23FN4O2S. The van der Waals surface area contributed by atoms with Gasteiger partial charge in [0.15, 0.2) is 10.9 Å². The molecule has 8 heteroatoms. The number of benzene rings is 2. The summed E-state index contributed by atoms with van der Waals surface area (Å²) in [6.07, 6.45) is 0. The van der Waals surface area contributed by atoms with Crippen molar-refractivity contribution in [2.45, 2.75) is 6.92 Å². The Morgan fingerprint density at radius 2 is 1.77 bits per heavy atom. The molecule has 0 spiro atoms. The van der Waals surface area contributed by atoms with E-state index in [4.69, 9.17) is 0 Å². The Bertz CT molecular complexity index is 1060. The first-order valence-electron chi connectivity index (χ1n) is 9.92. The lowest BCUT2D eigenvalue weighted by molar-refractivity contribution is 0.0945. The first kappa shape index (κ1) is 20.4. The number of hydrogen-bond donors (Lipinski definition) is 1. The van der Waals surface area contributed by atoms with E-state index in [-0.39, 0.29) is 17.5 Å². The van der Waals surface area contributed by atoms with Gasteiger partial charge in [0.05, 0.1) is 10.2 Å². The van der Waals surface area contributed by atoms with Crippen molar-refractivity contribution in [2.75, 3.05) is 44.2 Å². The number of carbonyl (C=O) groups excluding carboxylic acids is 2. The fraction of sp³-hybridized carbons (Fsp3) is 0.318. The number of piperazine rings is 1. The molecule has 0 unspecified atom stereocenters. The second-order valence-corrected chi connectivity index (χ2v) is 8.34. The monoisotopic (exact) mass is 426 g/mol. The van der Waals surface area contributed by atoms with Gasteiger partial charge in [-0.05, 0) is 37.3 Å². The number of Topliss-reactive ketones (excluding diaryl/α,β-unsaturated/α-hetero) is 1. The minimum absolute atomic E-state index is 0.0147. The lowest BCUT2D eigenvalue weighted by Crippen LogP contribution is -2.48. The van der Waals surface area contributed by atoms with Crippen LogP contribution in [0.2, 0.25) is 0 Å². The lowest BCUT2D eigenvalue weighted by Gasteiger charge is -2.34. The van der Waals surface area contributed by atoms with Crippen molar-refractivity contribution in [2.24, 2.45) is 0 Å². The van der Waals surface area contributed by atoms with E-state index in [1.165, 1.54) is 30.4 Å². The number of ketones is 1. The third-order valence-corrected chi connectivity index (χ3v) is 6.33. The number of nitrogens with one attached hydrogen (secondary N) is 1. The topological polar surface area (TPSA) is 65.5 Å². The molecule has 0 bridgehead atoms. The first-order chi connectivity index (χ1) is 14.5. The highest BCUT2D eigenvalue weighted by molar-refractivity contribution is 7.22. The van der Waals surface area contributed by atoms with Crippen LogP contribution in [-0.4, -0.2) is 60.8 Å². The normalized spacial score (nSPS) is 14.8. The van der Waals surface area contributed by atoms with Crippen molar-refractivity contribution < 1.29 is 14.0 Å². The minimum atomic E-state index is -0.237. The fourth-order valence-corrected chi connectivity index (χ4v) is 4.51. The van der Waals surface area contributed by atoms with Crippen LogP contribution in [0.25, 0.3) is 10.2 Å². The van der Waals surface area contributed by atoms with E-state index in [0.29, 0.717) is 17.7 Å². The Labute approximate surface area is 178 Å². The average Bonchev–Trinajstić information content (AvgIpc) is 3.17. The van der Waals surface area contributed by atoms with E-state index in [9.17, 15) is 14.0 Å². The summed E-state index contributed by atoms with van der Waals surface area (Å²) >= 11 is 1.52. The minimum Gasteiger partial charge on any atom is -0.351 e. The molecule has 6 nitrogen and oxygen atoms in total. The maximum Gasteiger partial charge on any atom is 0.251 e. The van der Waals surface area contributed by atoms with Crippen LogP contribution in [0.4, 0.5) is 9.52 Å². The lowest BCUT2D eigenvalue weighted by atomic mass is 10.1. The van der Waals surface area contributed by atoms with Gasteiger partial charge in [0.2, 0.25) is 0 Å². The molecule has 1 fully saturated rings. The third-order valence-electron chi connectivity index (χ3n) is 5.25. The summed E-state index contributed by atoms with van der Waals surface area (Å²) in [5.74, 6) is -0.385. The van der Waals surface area contributed by atoms with Crippen molar-refractivity contribution in [1.29, 1.82) is 0 Å². The molecule has 0 saturated carbocycles. The zero-order chi connectivity index (χ0) is 21.1. The number of thiazole rings is 1. The van der Waals surface area contributed by atoms with Crippen molar-refractivity contribution in [1.82, 2.24) is 15.2 Å². The van der Waals surface area contributed by atoms with Crippen LogP contribution in [0.1, 0.15) is 27.6 Å². The molecule has 0 radical (unpaired) electrons. The van der Waals surface area contributed by atoms with E-state index in [0.717, 1.165) is 48.1 Å². The van der Waals surface area contributed by atoms with Crippen LogP contribution >= 0.6 is 11.3 Å². The molecule has 1 N–H and O–H groups in total. The van der Waals surface area contributed by atoms with E-state index in [2.05, 4.69) is 20.1 Å². The Morgan fingerprint density at radius 3 is 2.47 bits per heavy atom. The zero-order valence-corrected chi connectivity index (χ0v) is 17.5. The van der Waals surface area contributed by atoms with Gasteiger partial charge in [-0.2, -0.15) is 0 Å². The summed E-state index contributed by atoms with van der Waals surface area (Å²) in [6.45, 7) is 6.31. The summed E-state index contributed by atoms with van der Waals surface area (Å²) in [5.41, 5.74) is 1.98. The van der Waals surface area contributed by atoms with Crippen molar-refractivity contribution in [3.8, 4) is 0 Å². The smallest absolute Gasteiger partial charge is 0.251 e. The predicted octanol–water partition coefficient (Wildman–Crippen LogP) is 3.19. The number of hydrogen-bond acceptors (Lipinski definition) is 6. The quantitative estimate of drug-likeness (QED) is 0.614. The van der Waals surface area contributed by atoms with Crippen LogP contribution in [0.5, 0.6) is 0 Å². The molecule has 156 valence electrons. The van der Waals surface area contributed by atoms with E-state index in [1.54, 1.807) is 30.3 Å². The highest BCUT2D eigenvalue weighted by Gasteiger charge is 2.20. The number of anilines is 1. The van der Waals surface area contributed by atoms with E-state index < -0.39 is 0 Å². The van der Waals surface area contributed by atoms with Crippen LogP contribution in [-0.2, 0) is 0 Å². The maximum atomic E-state index is 13.4. The van der Waals surface area contributed by atoms with Gasteiger partial charge in [0.25, 0.3) is 5.91 Å². The number of rotatable bonds is 6. The molecular weight excluding hydrogens is 403 g/mol. The molecule has 4 rings (SSSR count). The standard InChI is InChI=1S/C22H23FN4O2S/c1-15(28)16-2-4-17(5-3-16)21(29)24-8-9-26-10-12-27(13-11-26)22-25-19-7-6-18(23)14-20(19)30-22/h2-7,14H,8-13H2,1H3,(H,24,29). The number of nitrogens with zero attached hydrogens (tertiary/aromatic N) is 3. The summed E-state index contributed by atoms with van der Waals surface area (Å²) in [7, 11) is 0. The molecule has 1 saturated heterocycles. The molecule has 1 aromatic heterocycles. The molecule has 0 atom stereocenters. The summed E-state index contributed by atoms with van der Waals surface area (Å²) in [4.78, 5) is 32.7.